The fraction of sp³-hybridized carbons (Fsp3) is 0.455. The summed E-state index contributed by atoms with van der Waals surface area (Å²) >= 11 is 0. The van der Waals surface area contributed by atoms with Crippen molar-refractivity contribution in [2.24, 2.45) is 5.73 Å². The summed E-state index contributed by atoms with van der Waals surface area (Å²) < 4.78 is 43.4. The molecule has 88 valence electrons. The number of halogens is 3. The molecule has 0 saturated heterocycles. The van der Waals surface area contributed by atoms with Crippen LogP contribution in [0.5, 0.6) is 5.75 Å². The van der Waals surface area contributed by atoms with Gasteiger partial charge in [-0.25, -0.2) is 0 Å². The van der Waals surface area contributed by atoms with Gasteiger partial charge in [-0.1, -0.05) is 6.07 Å². The second-order valence-corrected chi connectivity index (χ2v) is 4.04. The molecule has 2 rings (SSSR count). The number of alkyl halides is 3. The second kappa shape index (κ2) is 3.38. The Bertz CT molecular complexity index is 410. The van der Waals surface area contributed by atoms with Gasteiger partial charge in [-0.2, -0.15) is 13.2 Å². The Morgan fingerprint density at radius 3 is 2.38 bits per heavy atom. The highest BCUT2D eigenvalue weighted by atomic mass is 19.4. The number of hydrogen-bond donors (Lipinski definition) is 1. The van der Waals surface area contributed by atoms with E-state index < -0.39 is 17.3 Å². The zero-order valence-electron chi connectivity index (χ0n) is 8.77. The van der Waals surface area contributed by atoms with Crippen LogP contribution < -0.4 is 10.5 Å². The van der Waals surface area contributed by atoms with Crippen molar-refractivity contribution in [1.29, 1.82) is 0 Å². The van der Waals surface area contributed by atoms with Crippen molar-refractivity contribution in [3.8, 4) is 5.75 Å². The first-order chi connectivity index (χ1) is 7.38. The van der Waals surface area contributed by atoms with Gasteiger partial charge in [0, 0.05) is 11.1 Å². The van der Waals surface area contributed by atoms with Crippen molar-refractivity contribution >= 4 is 0 Å². The molecule has 1 aromatic carbocycles. The third-order valence-corrected chi connectivity index (χ3v) is 2.84. The number of benzene rings is 1. The average molecular weight is 231 g/mol. The number of methoxy groups -OCH3 is 1. The fourth-order valence-electron chi connectivity index (χ4n) is 1.84. The van der Waals surface area contributed by atoms with Crippen LogP contribution in [0, 0.1) is 0 Å². The van der Waals surface area contributed by atoms with Crippen LogP contribution in [0.15, 0.2) is 18.2 Å². The molecule has 5 heteroatoms. The predicted molar refractivity (Wildman–Crippen MR) is 53.1 cm³/mol. The molecule has 0 aliphatic heterocycles. The van der Waals surface area contributed by atoms with Crippen LogP contribution in [-0.4, -0.2) is 7.11 Å². The molecular weight excluding hydrogens is 219 g/mol. The molecule has 0 atom stereocenters. The number of hydrogen-bond acceptors (Lipinski definition) is 2. The normalized spacial score (nSPS) is 18.3. The Labute approximate surface area is 91.2 Å². The lowest BCUT2D eigenvalue weighted by molar-refractivity contribution is -0.138. The van der Waals surface area contributed by atoms with Crippen LogP contribution in [0.4, 0.5) is 13.2 Å². The van der Waals surface area contributed by atoms with E-state index in [1.165, 1.54) is 19.2 Å². The van der Waals surface area contributed by atoms with Gasteiger partial charge in [0.15, 0.2) is 0 Å². The molecule has 1 fully saturated rings. The van der Waals surface area contributed by atoms with Crippen molar-refractivity contribution < 1.29 is 17.9 Å². The summed E-state index contributed by atoms with van der Waals surface area (Å²) in [5.74, 6) is 0.217. The van der Waals surface area contributed by atoms with E-state index in [9.17, 15) is 13.2 Å². The van der Waals surface area contributed by atoms with E-state index in [-0.39, 0.29) is 11.3 Å². The summed E-state index contributed by atoms with van der Waals surface area (Å²) in [6, 6.07) is 3.89. The molecule has 2 nitrogen and oxygen atoms in total. The molecule has 0 amide bonds. The standard InChI is InChI=1S/C11H12F3NO/c1-16-8-4-2-3-7(11(12,13)14)9(8)10(15)5-6-10/h2-4H,5-6,15H2,1H3. The van der Waals surface area contributed by atoms with E-state index in [0.29, 0.717) is 12.8 Å². The lowest BCUT2D eigenvalue weighted by atomic mass is 9.97. The predicted octanol–water partition coefficient (Wildman–Crippen LogP) is 2.66. The summed E-state index contributed by atoms with van der Waals surface area (Å²) in [6.45, 7) is 0. The zero-order chi connectivity index (χ0) is 12.0. The molecule has 0 unspecified atom stereocenters. The summed E-state index contributed by atoms with van der Waals surface area (Å²) in [4.78, 5) is 0. The first-order valence-electron chi connectivity index (χ1n) is 4.92. The maximum Gasteiger partial charge on any atom is 0.416 e. The third-order valence-electron chi connectivity index (χ3n) is 2.84. The van der Waals surface area contributed by atoms with Gasteiger partial charge in [-0.05, 0) is 25.0 Å². The Morgan fingerprint density at radius 2 is 1.94 bits per heavy atom. The summed E-state index contributed by atoms with van der Waals surface area (Å²) in [7, 11) is 1.35. The van der Waals surface area contributed by atoms with Crippen molar-refractivity contribution in [2.45, 2.75) is 24.6 Å². The topological polar surface area (TPSA) is 35.2 Å². The van der Waals surface area contributed by atoms with E-state index in [0.717, 1.165) is 6.07 Å². The Kier molecular flexibility index (Phi) is 2.38. The van der Waals surface area contributed by atoms with Crippen molar-refractivity contribution in [2.75, 3.05) is 7.11 Å². The molecular formula is C11H12F3NO. The lowest BCUT2D eigenvalue weighted by Crippen LogP contribution is -2.24. The van der Waals surface area contributed by atoms with E-state index in [1.54, 1.807) is 0 Å². The maximum absolute atomic E-state index is 12.8. The SMILES string of the molecule is COc1cccc(C(F)(F)F)c1C1(N)CC1. The van der Waals surface area contributed by atoms with E-state index >= 15 is 0 Å². The molecule has 0 spiro atoms. The molecule has 0 radical (unpaired) electrons. The molecule has 1 aliphatic carbocycles. The largest absolute Gasteiger partial charge is 0.496 e. The molecule has 0 aromatic heterocycles. The van der Waals surface area contributed by atoms with Crippen LogP contribution in [0.25, 0.3) is 0 Å². The minimum absolute atomic E-state index is 0.0880. The molecule has 2 N–H and O–H groups in total. The summed E-state index contributed by atoms with van der Waals surface area (Å²) in [5.41, 5.74) is 4.40. The minimum atomic E-state index is -4.39. The van der Waals surface area contributed by atoms with Crippen LogP contribution in [-0.2, 0) is 11.7 Å². The number of ether oxygens (including phenoxy) is 1. The van der Waals surface area contributed by atoms with Gasteiger partial charge in [0.1, 0.15) is 5.75 Å². The molecule has 0 bridgehead atoms. The molecule has 1 aliphatic rings. The molecule has 16 heavy (non-hydrogen) atoms. The highest BCUT2D eigenvalue weighted by Gasteiger charge is 2.48. The van der Waals surface area contributed by atoms with Gasteiger partial charge in [0.25, 0.3) is 0 Å². The van der Waals surface area contributed by atoms with Gasteiger partial charge in [0.2, 0.25) is 0 Å². The Hall–Kier alpha value is -1.23. The Balaban J connectivity index is 2.61. The first kappa shape index (κ1) is 11.3. The molecule has 0 heterocycles. The van der Waals surface area contributed by atoms with Crippen molar-refractivity contribution in [3.63, 3.8) is 0 Å². The van der Waals surface area contributed by atoms with E-state index in [2.05, 4.69) is 0 Å². The van der Waals surface area contributed by atoms with Crippen LogP contribution in [0.1, 0.15) is 24.0 Å². The van der Waals surface area contributed by atoms with Gasteiger partial charge in [-0.3, -0.25) is 0 Å². The van der Waals surface area contributed by atoms with Crippen LogP contribution >= 0.6 is 0 Å². The number of nitrogens with two attached hydrogens (primary N) is 1. The highest BCUT2D eigenvalue weighted by Crippen LogP contribution is 2.51. The van der Waals surface area contributed by atoms with Crippen molar-refractivity contribution in [3.05, 3.63) is 29.3 Å². The molecule has 1 aromatic rings. The summed E-state index contributed by atoms with van der Waals surface area (Å²) in [5, 5.41) is 0. The average Bonchev–Trinajstić information content (AvgIpc) is 2.95. The van der Waals surface area contributed by atoms with Gasteiger partial charge >= 0.3 is 6.18 Å². The van der Waals surface area contributed by atoms with E-state index in [1.807, 2.05) is 0 Å². The van der Waals surface area contributed by atoms with Crippen molar-refractivity contribution in [1.82, 2.24) is 0 Å². The lowest BCUT2D eigenvalue weighted by Gasteiger charge is -2.20. The zero-order valence-corrected chi connectivity index (χ0v) is 8.77. The fourth-order valence-corrected chi connectivity index (χ4v) is 1.84. The van der Waals surface area contributed by atoms with Crippen LogP contribution in [0.3, 0.4) is 0 Å². The van der Waals surface area contributed by atoms with Gasteiger partial charge < -0.3 is 10.5 Å². The van der Waals surface area contributed by atoms with Gasteiger partial charge in [0.05, 0.1) is 12.7 Å². The monoisotopic (exact) mass is 231 g/mol. The maximum atomic E-state index is 12.8. The summed E-state index contributed by atoms with van der Waals surface area (Å²) in [6.07, 6.45) is -3.26. The van der Waals surface area contributed by atoms with E-state index in [4.69, 9.17) is 10.5 Å². The third kappa shape index (κ3) is 1.75. The number of rotatable bonds is 2. The minimum Gasteiger partial charge on any atom is -0.496 e. The van der Waals surface area contributed by atoms with Crippen LogP contribution in [0.2, 0.25) is 0 Å². The smallest absolute Gasteiger partial charge is 0.416 e. The quantitative estimate of drug-likeness (QED) is 0.849. The highest BCUT2D eigenvalue weighted by molar-refractivity contribution is 5.49. The second-order valence-electron chi connectivity index (χ2n) is 4.04. The van der Waals surface area contributed by atoms with Gasteiger partial charge in [-0.15, -0.1) is 0 Å². The molecule has 1 saturated carbocycles. The first-order valence-corrected chi connectivity index (χ1v) is 4.92. The Morgan fingerprint density at radius 1 is 1.31 bits per heavy atom.